The molecule has 136 valence electrons. The summed E-state index contributed by atoms with van der Waals surface area (Å²) >= 11 is 1.97. The second kappa shape index (κ2) is 7.52. The Morgan fingerprint density at radius 2 is 2.04 bits per heavy atom. The number of hydrogen-bond donors (Lipinski definition) is 2. The quantitative estimate of drug-likeness (QED) is 0.793. The van der Waals surface area contributed by atoms with E-state index < -0.39 is 11.9 Å². The first-order valence-corrected chi connectivity index (χ1v) is 10.1. The highest BCUT2D eigenvalue weighted by Gasteiger charge is 2.40. The smallest absolute Gasteiger partial charge is 0.317 e. The van der Waals surface area contributed by atoms with E-state index >= 15 is 0 Å². The zero-order valence-electron chi connectivity index (χ0n) is 14.3. The highest BCUT2D eigenvalue weighted by Crippen LogP contribution is 2.37. The molecule has 0 radical (unpaired) electrons. The van der Waals surface area contributed by atoms with E-state index in [0.29, 0.717) is 26.1 Å². The normalized spacial score (nSPS) is 33.2. The lowest BCUT2D eigenvalue weighted by Gasteiger charge is -2.44. The number of nitrogens with one attached hydrogen (secondary N) is 1. The fourth-order valence-electron chi connectivity index (χ4n) is 4.21. The number of rotatable bonds is 2. The van der Waals surface area contributed by atoms with Crippen molar-refractivity contribution < 1.29 is 19.4 Å². The summed E-state index contributed by atoms with van der Waals surface area (Å²) in [6, 6.07) is 0.0231. The highest BCUT2D eigenvalue weighted by atomic mass is 32.2. The van der Waals surface area contributed by atoms with Crippen LogP contribution < -0.4 is 5.32 Å². The third kappa shape index (κ3) is 4.17. The lowest BCUT2D eigenvalue weighted by atomic mass is 9.85. The number of urea groups is 1. The number of carboxylic acids is 1. The molecule has 3 unspecified atom stereocenters. The predicted octanol–water partition coefficient (Wildman–Crippen LogP) is 2.18. The Morgan fingerprint density at radius 1 is 1.29 bits per heavy atom. The molecule has 0 aromatic rings. The maximum atomic E-state index is 12.6. The molecule has 3 saturated heterocycles. The number of carboxylic acid groups (broad SMARTS) is 1. The topological polar surface area (TPSA) is 78.9 Å². The Labute approximate surface area is 147 Å². The first-order chi connectivity index (χ1) is 11.5. The molecule has 2 amide bonds. The summed E-state index contributed by atoms with van der Waals surface area (Å²) in [4.78, 5) is 25.6. The summed E-state index contributed by atoms with van der Waals surface area (Å²) in [7, 11) is 0. The first kappa shape index (κ1) is 17.9. The van der Waals surface area contributed by atoms with Gasteiger partial charge in [0.05, 0.1) is 11.5 Å². The molecule has 0 aromatic carbocycles. The molecule has 7 heteroatoms. The highest BCUT2D eigenvalue weighted by molar-refractivity contribution is 7.99. The third-order valence-electron chi connectivity index (χ3n) is 5.52. The summed E-state index contributed by atoms with van der Waals surface area (Å²) in [6.07, 6.45) is 4.49. The van der Waals surface area contributed by atoms with E-state index in [4.69, 9.17) is 4.74 Å². The zero-order chi connectivity index (χ0) is 17.2. The third-order valence-corrected chi connectivity index (χ3v) is 6.51. The maximum absolute atomic E-state index is 12.6. The summed E-state index contributed by atoms with van der Waals surface area (Å²) in [5.74, 6) is 1.23. The number of thioether (sulfide) groups is 1. The number of carbonyl (C=O) groups excluding carboxylic acids is 1. The molecule has 1 spiro atoms. The SMILES string of the molecule is CC1CC(C(=O)O)CN(C(=O)NC2CCOC3(CCSCC3)C2)C1. The largest absolute Gasteiger partial charge is 0.481 e. The molecule has 3 fully saturated rings. The fraction of sp³-hybridized carbons (Fsp3) is 0.882. The van der Waals surface area contributed by atoms with Crippen LogP contribution in [0.1, 0.15) is 39.0 Å². The predicted molar refractivity (Wildman–Crippen MR) is 93.3 cm³/mol. The van der Waals surface area contributed by atoms with Crippen molar-refractivity contribution in [2.45, 2.75) is 50.7 Å². The Balaban J connectivity index is 1.56. The van der Waals surface area contributed by atoms with Gasteiger partial charge in [-0.3, -0.25) is 4.79 Å². The maximum Gasteiger partial charge on any atom is 0.317 e. The van der Waals surface area contributed by atoms with Gasteiger partial charge in [-0.05, 0) is 49.5 Å². The van der Waals surface area contributed by atoms with E-state index in [1.54, 1.807) is 4.90 Å². The number of amides is 2. The van der Waals surface area contributed by atoms with Gasteiger partial charge in [0.1, 0.15) is 0 Å². The van der Waals surface area contributed by atoms with E-state index in [1.807, 2.05) is 18.7 Å². The number of aliphatic carboxylic acids is 1. The molecule has 2 N–H and O–H groups in total. The van der Waals surface area contributed by atoms with Gasteiger partial charge < -0.3 is 20.1 Å². The number of ether oxygens (including phenoxy) is 1. The Bertz CT molecular complexity index is 476. The molecular formula is C17H28N2O4S. The van der Waals surface area contributed by atoms with Crippen molar-refractivity contribution in [3.8, 4) is 0 Å². The summed E-state index contributed by atoms with van der Waals surface area (Å²) in [5, 5.41) is 12.4. The minimum Gasteiger partial charge on any atom is -0.481 e. The van der Waals surface area contributed by atoms with Gasteiger partial charge in [-0.25, -0.2) is 4.79 Å². The van der Waals surface area contributed by atoms with Crippen LogP contribution in [0.2, 0.25) is 0 Å². The molecule has 3 aliphatic heterocycles. The number of hydrogen-bond acceptors (Lipinski definition) is 4. The molecule has 0 saturated carbocycles. The summed E-state index contributed by atoms with van der Waals surface area (Å²) in [5.41, 5.74) is -0.0553. The van der Waals surface area contributed by atoms with E-state index in [0.717, 1.165) is 37.2 Å². The van der Waals surface area contributed by atoms with Gasteiger partial charge in [0, 0.05) is 25.7 Å². The minimum atomic E-state index is -0.802. The van der Waals surface area contributed by atoms with Crippen molar-refractivity contribution in [2.24, 2.45) is 11.8 Å². The van der Waals surface area contributed by atoms with Gasteiger partial charge in [-0.2, -0.15) is 11.8 Å². The van der Waals surface area contributed by atoms with Crippen molar-refractivity contribution >= 4 is 23.8 Å². The molecule has 3 aliphatic rings. The van der Waals surface area contributed by atoms with Gasteiger partial charge in [0.2, 0.25) is 0 Å². The Hall–Kier alpha value is -0.950. The molecule has 0 aromatic heterocycles. The van der Waals surface area contributed by atoms with Gasteiger partial charge in [0.25, 0.3) is 0 Å². The van der Waals surface area contributed by atoms with Crippen molar-refractivity contribution in [2.75, 3.05) is 31.2 Å². The molecule has 24 heavy (non-hydrogen) atoms. The van der Waals surface area contributed by atoms with Crippen LogP contribution in [0.3, 0.4) is 0 Å². The molecule has 6 nitrogen and oxygen atoms in total. The van der Waals surface area contributed by atoms with E-state index in [2.05, 4.69) is 5.32 Å². The zero-order valence-corrected chi connectivity index (χ0v) is 15.1. The van der Waals surface area contributed by atoms with Gasteiger partial charge in [-0.1, -0.05) is 6.92 Å². The van der Waals surface area contributed by atoms with Crippen LogP contribution in [0.4, 0.5) is 4.79 Å². The Kier molecular flexibility index (Phi) is 5.59. The molecule has 0 bridgehead atoms. The van der Waals surface area contributed by atoms with Crippen LogP contribution >= 0.6 is 11.8 Å². The van der Waals surface area contributed by atoms with Crippen LogP contribution in [0, 0.1) is 11.8 Å². The van der Waals surface area contributed by atoms with Crippen LogP contribution in [0.15, 0.2) is 0 Å². The molecule has 3 heterocycles. The fourth-order valence-corrected chi connectivity index (χ4v) is 5.44. The first-order valence-electron chi connectivity index (χ1n) is 8.97. The summed E-state index contributed by atoms with van der Waals surface area (Å²) < 4.78 is 6.07. The average molecular weight is 356 g/mol. The van der Waals surface area contributed by atoms with Gasteiger partial charge in [-0.15, -0.1) is 0 Å². The average Bonchev–Trinajstić information content (AvgIpc) is 2.55. The van der Waals surface area contributed by atoms with Crippen LogP contribution in [-0.4, -0.2) is 64.9 Å². The Morgan fingerprint density at radius 3 is 2.75 bits per heavy atom. The van der Waals surface area contributed by atoms with E-state index in [-0.39, 0.29) is 23.6 Å². The number of carbonyl (C=O) groups is 2. The summed E-state index contributed by atoms with van der Waals surface area (Å²) in [6.45, 7) is 3.67. The van der Waals surface area contributed by atoms with Crippen molar-refractivity contribution in [1.82, 2.24) is 10.2 Å². The van der Waals surface area contributed by atoms with Gasteiger partial charge in [0.15, 0.2) is 0 Å². The lowest BCUT2D eigenvalue weighted by molar-refractivity contribution is -0.143. The van der Waals surface area contributed by atoms with Crippen molar-refractivity contribution in [1.29, 1.82) is 0 Å². The molecule has 3 rings (SSSR count). The second-order valence-electron chi connectivity index (χ2n) is 7.56. The van der Waals surface area contributed by atoms with Crippen molar-refractivity contribution in [3.05, 3.63) is 0 Å². The number of likely N-dealkylation sites (tertiary alicyclic amines) is 1. The molecule has 0 aliphatic carbocycles. The van der Waals surface area contributed by atoms with E-state index in [9.17, 15) is 14.7 Å². The van der Waals surface area contributed by atoms with Crippen LogP contribution in [0.5, 0.6) is 0 Å². The standard InChI is InChI=1S/C17H28N2O4S/c1-12-8-13(15(20)21)11-19(10-12)16(22)18-14-2-5-23-17(9-14)3-6-24-7-4-17/h12-14H,2-11H2,1H3,(H,18,22)(H,20,21). The van der Waals surface area contributed by atoms with Gasteiger partial charge >= 0.3 is 12.0 Å². The van der Waals surface area contributed by atoms with E-state index in [1.165, 1.54) is 0 Å². The lowest BCUT2D eigenvalue weighted by Crippen LogP contribution is -2.55. The van der Waals surface area contributed by atoms with Crippen LogP contribution in [-0.2, 0) is 9.53 Å². The number of piperidine rings is 1. The van der Waals surface area contributed by atoms with Crippen molar-refractivity contribution in [3.63, 3.8) is 0 Å². The second-order valence-corrected chi connectivity index (χ2v) is 8.79. The molecule has 3 atom stereocenters. The number of nitrogens with zero attached hydrogens (tertiary/aromatic N) is 1. The monoisotopic (exact) mass is 356 g/mol. The molecular weight excluding hydrogens is 328 g/mol. The minimum absolute atomic E-state index is 0.0553. The van der Waals surface area contributed by atoms with Crippen LogP contribution in [0.25, 0.3) is 0 Å².